The lowest BCUT2D eigenvalue weighted by molar-refractivity contribution is 0.122. The van der Waals surface area contributed by atoms with Crippen LogP contribution in [-0.2, 0) is 18.2 Å². The van der Waals surface area contributed by atoms with Crippen LogP contribution in [0, 0.1) is 0 Å². The number of nitrogens with two attached hydrogens (primary N) is 2. The number of aromatic amines is 1. The number of aromatic nitrogens is 8. The summed E-state index contributed by atoms with van der Waals surface area (Å²) in [6.45, 7) is 2.68. The lowest BCUT2D eigenvalue weighted by atomic mass is 10.3. The summed E-state index contributed by atoms with van der Waals surface area (Å²) >= 11 is 0. The Bertz CT molecular complexity index is 1470. The van der Waals surface area contributed by atoms with E-state index in [0.29, 0.717) is 61.3 Å². The SMILES string of the molecule is Cn1cc(-n2c(Cc3nc4ccc(N)cc4[nH]3)nc3c(N)nc(N4CCOCC4)nc32)cn1. The van der Waals surface area contributed by atoms with E-state index >= 15 is 0 Å². The maximum Gasteiger partial charge on any atom is 0.229 e. The van der Waals surface area contributed by atoms with Crippen LogP contribution in [0.4, 0.5) is 17.5 Å². The Morgan fingerprint density at radius 1 is 1.09 bits per heavy atom. The van der Waals surface area contributed by atoms with Gasteiger partial charge in [-0.15, -0.1) is 0 Å². The van der Waals surface area contributed by atoms with E-state index < -0.39 is 0 Å². The standard InChI is InChI=1S/C21H23N11O/c1-30-11-13(10-24-30)32-17(9-16-25-14-3-2-12(22)8-15(14)26-16)27-18-19(23)28-21(29-20(18)32)31-4-6-33-7-5-31/h2-3,8,10-11H,4-7,9,22H2,1H3,(H,25,26)(H2,23,28,29). The second-order valence-corrected chi connectivity index (χ2v) is 8.05. The third-order valence-electron chi connectivity index (χ3n) is 5.72. The van der Waals surface area contributed by atoms with Gasteiger partial charge in [-0.25, -0.2) is 9.97 Å². The number of fused-ring (bicyclic) bond motifs is 2. The van der Waals surface area contributed by atoms with E-state index in [1.165, 1.54) is 0 Å². The van der Waals surface area contributed by atoms with Gasteiger partial charge in [-0.3, -0.25) is 9.25 Å². The largest absolute Gasteiger partial charge is 0.399 e. The number of rotatable bonds is 4. The highest BCUT2D eigenvalue weighted by Crippen LogP contribution is 2.27. The zero-order valence-corrected chi connectivity index (χ0v) is 18.1. The molecule has 12 heteroatoms. The van der Waals surface area contributed by atoms with Gasteiger partial charge in [0.1, 0.15) is 11.6 Å². The predicted molar refractivity (Wildman–Crippen MR) is 124 cm³/mol. The summed E-state index contributed by atoms with van der Waals surface area (Å²) in [6, 6.07) is 5.60. The van der Waals surface area contributed by atoms with Crippen molar-refractivity contribution in [2.75, 3.05) is 42.7 Å². The van der Waals surface area contributed by atoms with Crippen LogP contribution in [0.25, 0.3) is 27.9 Å². The monoisotopic (exact) mass is 445 g/mol. The topological polar surface area (TPSA) is 155 Å². The van der Waals surface area contributed by atoms with E-state index in [9.17, 15) is 0 Å². The molecule has 1 fully saturated rings. The quantitative estimate of drug-likeness (QED) is 0.344. The van der Waals surface area contributed by atoms with Crippen molar-refractivity contribution in [3.05, 3.63) is 42.2 Å². The van der Waals surface area contributed by atoms with Crippen LogP contribution in [0.15, 0.2) is 30.6 Å². The minimum Gasteiger partial charge on any atom is -0.399 e. The van der Waals surface area contributed by atoms with Gasteiger partial charge in [-0.2, -0.15) is 15.1 Å². The third kappa shape index (κ3) is 3.40. The zero-order chi connectivity index (χ0) is 22.5. The van der Waals surface area contributed by atoms with Crippen molar-refractivity contribution >= 4 is 39.7 Å². The lowest BCUT2D eigenvalue weighted by Crippen LogP contribution is -2.37. The van der Waals surface area contributed by atoms with Gasteiger partial charge >= 0.3 is 0 Å². The van der Waals surface area contributed by atoms with Gasteiger partial charge in [0.25, 0.3) is 0 Å². The molecule has 0 spiro atoms. The number of H-pyrrole nitrogens is 1. The molecule has 5 aromatic rings. The molecule has 1 aromatic carbocycles. The minimum atomic E-state index is 0.336. The summed E-state index contributed by atoms with van der Waals surface area (Å²) < 4.78 is 9.16. The molecule has 1 aliphatic rings. The van der Waals surface area contributed by atoms with E-state index in [1.807, 2.05) is 36.0 Å². The Balaban J connectivity index is 1.50. The number of anilines is 3. The fourth-order valence-electron chi connectivity index (χ4n) is 4.14. The van der Waals surface area contributed by atoms with Crippen molar-refractivity contribution in [1.82, 2.24) is 39.3 Å². The average molecular weight is 445 g/mol. The number of nitrogens with one attached hydrogen (secondary N) is 1. The van der Waals surface area contributed by atoms with Crippen LogP contribution in [0.5, 0.6) is 0 Å². The van der Waals surface area contributed by atoms with Crippen LogP contribution in [0.2, 0.25) is 0 Å². The smallest absolute Gasteiger partial charge is 0.229 e. The predicted octanol–water partition coefficient (Wildman–Crippen LogP) is 1.02. The molecule has 4 aromatic heterocycles. The number of ether oxygens (including phenoxy) is 1. The first-order chi connectivity index (χ1) is 16.0. The van der Waals surface area contributed by atoms with Gasteiger partial charge in [0.2, 0.25) is 5.95 Å². The molecule has 0 amide bonds. The van der Waals surface area contributed by atoms with Gasteiger partial charge in [0.05, 0.1) is 42.6 Å². The summed E-state index contributed by atoms with van der Waals surface area (Å²) in [5, 5.41) is 4.34. The van der Waals surface area contributed by atoms with Gasteiger partial charge < -0.3 is 26.1 Å². The van der Waals surface area contributed by atoms with Crippen LogP contribution >= 0.6 is 0 Å². The molecule has 33 heavy (non-hydrogen) atoms. The minimum absolute atomic E-state index is 0.336. The number of hydrogen-bond acceptors (Lipinski definition) is 9. The fraction of sp³-hybridized carbons (Fsp3) is 0.286. The Kier molecular flexibility index (Phi) is 4.40. The Hall–Kier alpha value is -4.19. The summed E-state index contributed by atoms with van der Waals surface area (Å²) in [5.41, 5.74) is 16.7. The Morgan fingerprint density at radius 3 is 2.73 bits per heavy atom. The van der Waals surface area contributed by atoms with Gasteiger partial charge in [0, 0.05) is 32.0 Å². The fourth-order valence-corrected chi connectivity index (χ4v) is 4.14. The molecule has 0 bridgehead atoms. The van der Waals surface area contributed by atoms with E-state index in [0.717, 1.165) is 28.4 Å². The zero-order valence-electron chi connectivity index (χ0n) is 18.1. The maximum atomic E-state index is 6.36. The summed E-state index contributed by atoms with van der Waals surface area (Å²) in [5.74, 6) is 2.39. The molecule has 168 valence electrons. The van der Waals surface area contributed by atoms with Gasteiger partial charge in [0.15, 0.2) is 17.0 Å². The molecule has 1 aliphatic heterocycles. The molecule has 0 saturated carbocycles. The molecule has 1 saturated heterocycles. The van der Waals surface area contributed by atoms with Crippen LogP contribution in [0.1, 0.15) is 11.6 Å². The van der Waals surface area contributed by atoms with E-state index in [2.05, 4.69) is 20.0 Å². The summed E-state index contributed by atoms with van der Waals surface area (Å²) in [6.07, 6.45) is 4.12. The van der Waals surface area contributed by atoms with E-state index in [1.54, 1.807) is 10.9 Å². The van der Waals surface area contributed by atoms with Crippen molar-refractivity contribution < 1.29 is 4.74 Å². The van der Waals surface area contributed by atoms with Crippen molar-refractivity contribution in [3.8, 4) is 5.69 Å². The number of benzene rings is 1. The van der Waals surface area contributed by atoms with Crippen molar-refractivity contribution in [2.24, 2.45) is 7.05 Å². The van der Waals surface area contributed by atoms with Crippen LogP contribution in [-0.4, -0.2) is 65.6 Å². The van der Waals surface area contributed by atoms with Crippen LogP contribution in [0.3, 0.4) is 0 Å². The molecule has 12 nitrogen and oxygen atoms in total. The average Bonchev–Trinajstić information content (AvgIpc) is 3.50. The second kappa shape index (κ2) is 7.45. The number of nitrogens with zero attached hydrogens (tertiary/aromatic N) is 8. The summed E-state index contributed by atoms with van der Waals surface area (Å²) in [7, 11) is 1.87. The first-order valence-electron chi connectivity index (χ1n) is 10.7. The third-order valence-corrected chi connectivity index (χ3v) is 5.72. The van der Waals surface area contributed by atoms with E-state index in [-0.39, 0.29) is 0 Å². The van der Waals surface area contributed by atoms with Crippen molar-refractivity contribution in [3.63, 3.8) is 0 Å². The number of morpholine rings is 1. The first kappa shape index (κ1) is 19.5. The highest BCUT2D eigenvalue weighted by molar-refractivity contribution is 5.85. The van der Waals surface area contributed by atoms with Crippen molar-refractivity contribution in [1.29, 1.82) is 0 Å². The number of aryl methyl sites for hydroxylation is 1. The number of imidazole rings is 2. The Labute approximate surface area is 188 Å². The Morgan fingerprint density at radius 2 is 1.94 bits per heavy atom. The first-order valence-corrected chi connectivity index (χ1v) is 10.7. The molecule has 0 radical (unpaired) electrons. The highest BCUT2D eigenvalue weighted by atomic mass is 16.5. The number of nitrogen functional groups attached to an aromatic ring is 2. The van der Waals surface area contributed by atoms with Crippen LogP contribution < -0.4 is 16.4 Å². The van der Waals surface area contributed by atoms with Crippen molar-refractivity contribution in [2.45, 2.75) is 6.42 Å². The second-order valence-electron chi connectivity index (χ2n) is 8.05. The van der Waals surface area contributed by atoms with Gasteiger partial charge in [-0.05, 0) is 18.2 Å². The molecular formula is C21H23N11O. The molecule has 6 rings (SSSR count). The molecular weight excluding hydrogens is 422 g/mol. The molecule has 0 aliphatic carbocycles. The number of hydrogen-bond donors (Lipinski definition) is 3. The molecule has 0 atom stereocenters. The molecule has 0 unspecified atom stereocenters. The lowest BCUT2D eigenvalue weighted by Gasteiger charge is -2.26. The maximum absolute atomic E-state index is 6.36. The highest BCUT2D eigenvalue weighted by Gasteiger charge is 2.22. The summed E-state index contributed by atoms with van der Waals surface area (Å²) in [4.78, 5) is 24.3. The molecule has 5 N–H and O–H groups in total. The van der Waals surface area contributed by atoms with E-state index in [4.69, 9.17) is 31.2 Å². The van der Waals surface area contributed by atoms with Gasteiger partial charge in [-0.1, -0.05) is 0 Å². The molecule has 5 heterocycles. The normalized spacial score (nSPS) is 14.5.